The molecule has 1 N–H and O–H groups in total. The number of carbonyl (C=O) groups is 1. The summed E-state index contributed by atoms with van der Waals surface area (Å²) < 4.78 is 0. The second kappa shape index (κ2) is 7.29. The van der Waals surface area contributed by atoms with Gasteiger partial charge in [-0.3, -0.25) is 9.69 Å². The molecule has 1 aliphatic heterocycles. The molecule has 0 aliphatic carbocycles. The molecule has 2 unspecified atom stereocenters. The van der Waals surface area contributed by atoms with Gasteiger partial charge in [-0.25, -0.2) is 0 Å². The lowest BCUT2D eigenvalue weighted by atomic mass is 10.0. The summed E-state index contributed by atoms with van der Waals surface area (Å²) in [5.74, 6) is 0.0492. The highest BCUT2D eigenvalue weighted by Gasteiger charge is 2.24. The zero-order chi connectivity index (χ0) is 12.7. The molecule has 1 amide bonds. The minimum Gasteiger partial charge on any atom is -0.353 e. The second-order valence-electron chi connectivity index (χ2n) is 4.87. The van der Waals surface area contributed by atoms with Crippen LogP contribution in [0.5, 0.6) is 0 Å². The molecule has 1 saturated heterocycles. The van der Waals surface area contributed by atoms with Gasteiger partial charge in [-0.1, -0.05) is 13.3 Å². The van der Waals surface area contributed by atoms with Gasteiger partial charge < -0.3 is 5.32 Å². The van der Waals surface area contributed by atoms with Crippen molar-refractivity contribution in [1.29, 1.82) is 5.26 Å². The molecule has 0 bridgehead atoms. The number of nitrogens with zero attached hydrogens (tertiary/aromatic N) is 2. The third-order valence-corrected chi connectivity index (χ3v) is 3.24. The minimum absolute atomic E-state index is 0.0492. The number of nitriles is 1. The van der Waals surface area contributed by atoms with Gasteiger partial charge in [0.15, 0.2) is 0 Å². The van der Waals surface area contributed by atoms with Crippen LogP contribution in [0, 0.1) is 11.3 Å². The summed E-state index contributed by atoms with van der Waals surface area (Å²) in [5.41, 5.74) is 0. The fraction of sp³-hybridized carbons (Fsp3) is 0.846. The Morgan fingerprint density at radius 3 is 3.00 bits per heavy atom. The summed E-state index contributed by atoms with van der Waals surface area (Å²) in [6.07, 6.45) is 5.17. The number of carbonyl (C=O) groups excluding carboxylic acids is 1. The molecule has 0 spiro atoms. The molecule has 0 aromatic carbocycles. The van der Waals surface area contributed by atoms with E-state index in [1.54, 1.807) is 0 Å². The number of hydrogen-bond donors (Lipinski definition) is 1. The summed E-state index contributed by atoms with van der Waals surface area (Å²) >= 11 is 0. The maximum Gasteiger partial charge on any atom is 0.234 e. The SMILES string of the molecule is CCCC(C)NC(=O)CN1CCCCC1C#N. The quantitative estimate of drug-likeness (QED) is 0.791. The Morgan fingerprint density at radius 1 is 1.59 bits per heavy atom. The van der Waals surface area contributed by atoms with Crippen molar-refractivity contribution in [2.24, 2.45) is 0 Å². The predicted octanol–water partition coefficient (Wildman–Crippen LogP) is 1.67. The topological polar surface area (TPSA) is 56.1 Å². The molecule has 1 heterocycles. The van der Waals surface area contributed by atoms with Crippen LogP contribution in [0.25, 0.3) is 0 Å². The number of piperidine rings is 1. The van der Waals surface area contributed by atoms with Gasteiger partial charge in [0.2, 0.25) is 5.91 Å². The van der Waals surface area contributed by atoms with Crippen LogP contribution in [-0.4, -0.2) is 36.0 Å². The van der Waals surface area contributed by atoms with Crippen molar-refractivity contribution in [3.63, 3.8) is 0 Å². The van der Waals surface area contributed by atoms with Gasteiger partial charge in [0, 0.05) is 6.04 Å². The molecular weight excluding hydrogens is 214 g/mol. The Labute approximate surface area is 104 Å². The van der Waals surface area contributed by atoms with Gasteiger partial charge in [-0.15, -0.1) is 0 Å². The van der Waals surface area contributed by atoms with Crippen molar-refractivity contribution in [2.45, 2.75) is 58.0 Å². The van der Waals surface area contributed by atoms with E-state index in [-0.39, 0.29) is 18.0 Å². The van der Waals surface area contributed by atoms with E-state index < -0.39 is 0 Å². The fourth-order valence-electron chi connectivity index (χ4n) is 2.34. The van der Waals surface area contributed by atoms with Crippen molar-refractivity contribution in [3.05, 3.63) is 0 Å². The maximum absolute atomic E-state index is 11.8. The molecule has 0 aromatic rings. The number of nitrogens with one attached hydrogen (secondary N) is 1. The van der Waals surface area contributed by atoms with Crippen LogP contribution in [-0.2, 0) is 4.79 Å². The first kappa shape index (κ1) is 14.0. The van der Waals surface area contributed by atoms with Crippen LogP contribution in [0.4, 0.5) is 0 Å². The molecule has 4 nitrogen and oxygen atoms in total. The van der Waals surface area contributed by atoms with Crippen molar-refractivity contribution in [1.82, 2.24) is 10.2 Å². The highest BCUT2D eigenvalue weighted by Crippen LogP contribution is 2.15. The van der Waals surface area contributed by atoms with Crippen molar-refractivity contribution in [2.75, 3.05) is 13.1 Å². The van der Waals surface area contributed by atoms with Gasteiger partial charge >= 0.3 is 0 Å². The number of likely N-dealkylation sites (tertiary alicyclic amines) is 1. The summed E-state index contributed by atoms with van der Waals surface area (Å²) in [6, 6.07) is 2.44. The van der Waals surface area contributed by atoms with E-state index in [9.17, 15) is 4.79 Å². The molecule has 0 aromatic heterocycles. The lowest BCUT2D eigenvalue weighted by Gasteiger charge is -2.30. The summed E-state index contributed by atoms with van der Waals surface area (Å²) in [6.45, 7) is 5.37. The van der Waals surface area contributed by atoms with Crippen LogP contribution in [0.1, 0.15) is 46.0 Å². The first-order valence-electron chi connectivity index (χ1n) is 6.60. The van der Waals surface area contributed by atoms with Crippen LogP contribution in [0.15, 0.2) is 0 Å². The van der Waals surface area contributed by atoms with Crippen molar-refractivity contribution in [3.8, 4) is 6.07 Å². The van der Waals surface area contributed by atoms with E-state index in [0.29, 0.717) is 6.54 Å². The van der Waals surface area contributed by atoms with Gasteiger partial charge in [0.1, 0.15) is 0 Å². The average molecular weight is 237 g/mol. The van der Waals surface area contributed by atoms with Crippen LogP contribution < -0.4 is 5.32 Å². The van der Waals surface area contributed by atoms with Crippen LogP contribution in [0.2, 0.25) is 0 Å². The maximum atomic E-state index is 11.8. The molecule has 1 rings (SSSR count). The van der Waals surface area contributed by atoms with E-state index in [4.69, 9.17) is 5.26 Å². The second-order valence-corrected chi connectivity index (χ2v) is 4.87. The van der Waals surface area contributed by atoms with E-state index in [2.05, 4.69) is 18.3 Å². The predicted molar refractivity (Wildman–Crippen MR) is 67.3 cm³/mol. The minimum atomic E-state index is -0.0732. The highest BCUT2D eigenvalue weighted by molar-refractivity contribution is 5.78. The third kappa shape index (κ3) is 4.74. The monoisotopic (exact) mass is 237 g/mol. The van der Waals surface area contributed by atoms with Gasteiger partial charge in [0.25, 0.3) is 0 Å². The Morgan fingerprint density at radius 2 is 2.35 bits per heavy atom. The van der Waals surface area contributed by atoms with Crippen molar-refractivity contribution >= 4 is 5.91 Å². The molecular formula is C13H23N3O. The molecule has 96 valence electrons. The van der Waals surface area contributed by atoms with E-state index in [1.807, 2.05) is 11.8 Å². The van der Waals surface area contributed by atoms with Gasteiger partial charge in [-0.05, 0) is 39.2 Å². The molecule has 0 radical (unpaired) electrons. The van der Waals surface area contributed by atoms with Crippen molar-refractivity contribution < 1.29 is 4.79 Å². The third-order valence-electron chi connectivity index (χ3n) is 3.24. The molecule has 2 atom stereocenters. The summed E-state index contributed by atoms with van der Waals surface area (Å²) in [4.78, 5) is 13.8. The Balaban J connectivity index is 2.36. The molecule has 0 saturated carbocycles. The first-order chi connectivity index (χ1) is 8.17. The van der Waals surface area contributed by atoms with Gasteiger partial charge in [-0.2, -0.15) is 5.26 Å². The van der Waals surface area contributed by atoms with E-state index in [0.717, 1.165) is 38.6 Å². The standard InChI is InChI=1S/C13H23N3O/c1-3-6-11(2)15-13(17)10-16-8-5-4-7-12(16)9-14/h11-12H,3-8,10H2,1-2H3,(H,15,17). The molecule has 4 heteroatoms. The first-order valence-corrected chi connectivity index (χ1v) is 6.60. The smallest absolute Gasteiger partial charge is 0.234 e. The lowest BCUT2D eigenvalue weighted by molar-refractivity contribution is -0.123. The zero-order valence-corrected chi connectivity index (χ0v) is 10.9. The molecule has 1 aliphatic rings. The Bertz CT molecular complexity index is 285. The van der Waals surface area contributed by atoms with E-state index >= 15 is 0 Å². The normalized spacial score (nSPS) is 22.8. The van der Waals surface area contributed by atoms with E-state index in [1.165, 1.54) is 0 Å². The Hall–Kier alpha value is -1.08. The summed E-state index contributed by atoms with van der Waals surface area (Å²) in [5, 5.41) is 12.0. The highest BCUT2D eigenvalue weighted by atomic mass is 16.2. The number of hydrogen-bond acceptors (Lipinski definition) is 3. The molecule has 1 fully saturated rings. The molecule has 17 heavy (non-hydrogen) atoms. The fourth-order valence-corrected chi connectivity index (χ4v) is 2.34. The summed E-state index contributed by atoms with van der Waals surface area (Å²) in [7, 11) is 0. The zero-order valence-electron chi connectivity index (χ0n) is 10.9. The van der Waals surface area contributed by atoms with Gasteiger partial charge in [0.05, 0.1) is 18.7 Å². The largest absolute Gasteiger partial charge is 0.353 e. The Kier molecular flexibility index (Phi) is 5.99. The lowest BCUT2D eigenvalue weighted by Crippen LogP contribution is -2.46. The van der Waals surface area contributed by atoms with Crippen LogP contribution >= 0.6 is 0 Å². The number of rotatable bonds is 5. The van der Waals surface area contributed by atoms with Crippen LogP contribution in [0.3, 0.4) is 0 Å². The average Bonchev–Trinajstić information content (AvgIpc) is 2.29. The number of amides is 1.